The first-order chi connectivity index (χ1) is 14.2. The lowest BCUT2D eigenvalue weighted by molar-refractivity contribution is -0.120. The summed E-state index contributed by atoms with van der Waals surface area (Å²) in [5.41, 5.74) is 3.05. The van der Waals surface area contributed by atoms with Gasteiger partial charge in [0, 0.05) is 29.3 Å². The number of aryl methyl sites for hydroxylation is 1. The van der Waals surface area contributed by atoms with Crippen LogP contribution in [0.2, 0.25) is 0 Å². The van der Waals surface area contributed by atoms with Crippen molar-refractivity contribution in [3.8, 4) is 6.07 Å². The maximum absolute atomic E-state index is 11.7. The van der Waals surface area contributed by atoms with Crippen LogP contribution < -0.4 is 10.6 Å². The van der Waals surface area contributed by atoms with E-state index < -0.39 is 12.1 Å². The maximum atomic E-state index is 11.7. The highest BCUT2D eigenvalue weighted by molar-refractivity contribution is 7.12. The van der Waals surface area contributed by atoms with Gasteiger partial charge in [-0.3, -0.25) is 4.79 Å². The number of rotatable bonds is 7. The van der Waals surface area contributed by atoms with Gasteiger partial charge in [-0.15, -0.1) is 11.3 Å². The number of carbonyl (C=O) groups is 1. The van der Waals surface area contributed by atoms with Crippen LogP contribution in [0, 0.1) is 23.7 Å². The van der Waals surface area contributed by atoms with Crippen LogP contribution in [0.25, 0.3) is 0 Å². The number of hydrogen-bond acceptors (Lipinski definition) is 5. The average molecular weight is 426 g/mol. The number of aliphatic hydroxyl groups excluding tert-OH is 1. The summed E-state index contributed by atoms with van der Waals surface area (Å²) in [7, 11) is 0. The van der Waals surface area contributed by atoms with E-state index >= 15 is 0 Å². The monoisotopic (exact) mass is 425 g/mol. The van der Waals surface area contributed by atoms with Crippen molar-refractivity contribution in [1.29, 1.82) is 5.26 Å². The highest BCUT2D eigenvalue weighted by atomic mass is 32.1. The van der Waals surface area contributed by atoms with Gasteiger partial charge in [0.1, 0.15) is 0 Å². The lowest BCUT2D eigenvalue weighted by Gasteiger charge is -2.36. The number of amides is 1. The van der Waals surface area contributed by atoms with Crippen LogP contribution >= 0.6 is 11.3 Å². The highest BCUT2D eigenvalue weighted by Gasteiger charge is 2.34. The topological polar surface area (TPSA) is 85.2 Å². The summed E-state index contributed by atoms with van der Waals surface area (Å²) in [5.74, 6) is -0.176. The molecule has 1 aliphatic carbocycles. The summed E-state index contributed by atoms with van der Waals surface area (Å²) in [6.07, 6.45) is 1.83. The van der Waals surface area contributed by atoms with Crippen LogP contribution in [0.5, 0.6) is 0 Å². The standard InChI is InChI=1S/C24H31N3O2S/c1-15-8-19-21(11-24(3,4)12-23(19)30-15)26-14-22(29)20(27-16(2)28)10-17-6-5-7-18(9-17)13-25/h5-9,20-22,26,29H,10-12,14H2,1-4H3,(H,27,28)/t20-,21-,22+/m0/s1. The summed E-state index contributed by atoms with van der Waals surface area (Å²) in [4.78, 5) is 14.5. The van der Waals surface area contributed by atoms with Gasteiger partial charge in [0.05, 0.1) is 23.8 Å². The normalized spacial score (nSPS) is 19.4. The van der Waals surface area contributed by atoms with Crippen LogP contribution in [0.1, 0.15) is 59.7 Å². The van der Waals surface area contributed by atoms with E-state index in [1.807, 2.05) is 23.5 Å². The van der Waals surface area contributed by atoms with Gasteiger partial charge in [-0.05, 0) is 60.9 Å². The van der Waals surface area contributed by atoms with Crippen LogP contribution in [0.4, 0.5) is 0 Å². The molecule has 3 rings (SSSR count). The molecule has 0 unspecified atom stereocenters. The molecule has 0 aliphatic heterocycles. The first-order valence-electron chi connectivity index (χ1n) is 10.4. The van der Waals surface area contributed by atoms with E-state index in [1.165, 1.54) is 22.2 Å². The zero-order chi connectivity index (χ0) is 21.9. The Hall–Kier alpha value is -2.20. The van der Waals surface area contributed by atoms with Gasteiger partial charge in [-0.25, -0.2) is 0 Å². The van der Waals surface area contributed by atoms with Crippen molar-refractivity contribution in [2.45, 2.75) is 65.1 Å². The molecule has 1 aromatic carbocycles. The number of nitriles is 1. The van der Waals surface area contributed by atoms with Crippen molar-refractivity contribution >= 4 is 17.2 Å². The second-order valence-corrected chi connectivity index (χ2v) is 10.5. The molecule has 0 saturated heterocycles. The van der Waals surface area contributed by atoms with Gasteiger partial charge in [0.25, 0.3) is 0 Å². The second-order valence-electron chi connectivity index (χ2n) is 9.13. The summed E-state index contributed by atoms with van der Waals surface area (Å²) < 4.78 is 0. The SMILES string of the molecule is CC(=O)N[C@@H](Cc1cccc(C#N)c1)[C@H](O)CN[C@H]1CC(C)(C)Cc2sc(C)cc21. The minimum atomic E-state index is -0.743. The van der Waals surface area contributed by atoms with Crippen LogP contribution in [-0.2, 0) is 17.6 Å². The smallest absolute Gasteiger partial charge is 0.217 e. The quantitative estimate of drug-likeness (QED) is 0.632. The average Bonchev–Trinajstić information content (AvgIpc) is 3.04. The molecule has 1 aliphatic rings. The molecule has 0 saturated carbocycles. The Morgan fingerprint density at radius 3 is 2.87 bits per heavy atom. The molecule has 1 heterocycles. The first kappa shape index (κ1) is 22.5. The van der Waals surface area contributed by atoms with Crippen molar-refractivity contribution in [3.63, 3.8) is 0 Å². The van der Waals surface area contributed by atoms with Crippen molar-refractivity contribution in [3.05, 3.63) is 56.8 Å². The highest BCUT2D eigenvalue weighted by Crippen LogP contribution is 2.44. The lowest BCUT2D eigenvalue weighted by atomic mass is 9.75. The number of nitrogens with zero attached hydrogens (tertiary/aromatic N) is 1. The molecule has 1 amide bonds. The van der Waals surface area contributed by atoms with Crippen LogP contribution in [0.15, 0.2) is 30.3 Å². The number of benzene rings is 1. The minimum absolute atomic E-state index is 0.176. The molecule has 0 bridgehead atoms. The number of nitrogens with one attached hydrogen (secondary N) is 2. The Kier molecular flexibility index (Phi) is 6.97. The molecule has 160 valence electrons. The van der Waals surface area contributed by atoms with E-state index in [0.717, 1.165) is 18.4 Å². The molecule has 30 heavy (non-hydrogen) atoms. The Labute approximate surface area is 183 Å². The minimum Gasteiger partial charge on any atom is -0.390 e. The van der Waals surface area contributed by atoms with Gasteiger partial charge in [-0.2, -0.15) is 5.26 Å². The third kappa shape index (κ3) is 5.69. The fourth-order valence-electron chi connectivity index (χ4n) is 4.34. The molecule has 0 radical (unpaired) electrons. The van der Waals surface area contributed by atoms with Crippen molar-refractivity contribution in [2.75, 3.05) is 6.54 Å². The Bertz CT molecular complexity index is 944. The van der Waals surface area contributed by atoms with Gasteiger partial charge in [0.15, 0.2) is 0 Å². The van der Waals surface area contributed by atoms with E-state index in [0.29, 0.717) is 18.5 Å². The van der Waals surface area contributed by atoms with E-state index in [-0.39, 0.29) is 17.4 Å². The van der Waals surface area contributed by atoms with E-state index in [9.17, 15) is 9.90 Å². The predicted molar refractivity (Wildman–Crippen MR) is 120 cm³/mol. The molecule has 0 spiro atoms. The molecule has 1 aromatic heterocycles. The van der Waals surface area contributed by atoms with Gasteiger partial charge in [0.2, 0.25) is 5.91 Å². The zero-order valence-corrected chi connectivity index (χ0v) is 19.0. The summed E-state index contributed by atoms with van der Waals surface area (Å²) in [6.45, 7) is 8.57. The van der Waals surface area contributed by atoms with E-state index in [1.54, 1.807) is 12.1 Å². The van der Waals surface area contributed by atoms with Crippen molar-refractivity contribution in [2.24, 2.45) is 5.41 Å². The summed E-state index contributed by atoms with van der Waals surface area (Å²) in [5, 5.41) is 26.5. The molecule has 3 atom stereocenters. The van der Waals surface area contributed by atoms with Gasteiger partial charge >= 0.3 is 0 Å². The number of hydrogen-bond donors (Lipinski definition) is 3. The third-order valence-corrected chi connectivity index (χ3v) is 6.74. The van der Waals surface area contributed by atoms with Gasteiger partial charge < -0.3 is 15.7 Å². The number of aliphatic hydroxyl groups is 1. The number of fused-ring (bicyclic) bond motifs is 1. The third-order valence-electron chi connectivity index (χ3n) is 5.67. The van der Waals surface area contributed by atoms with E-state index in [2.05, 4.69) is 43.5 Å². The van der Waals surface area contributed by atoms with Crippen LogP contribution in [0.3, 0.4) is 0 Å². The number of thiophene rings is 1. The van der Waals surface area contributed by atoms with Crippen LogP contribution in [-0.4, -0.2) is 29.7 Å². The molecule has 5 nitrogen and oxygen atoms in total. The molecule has 2 aromatic rings. The molecular weight excluding hydrogens is 394 g/mol. The molecule has 6 heteroatoms. The zero-order valence-electron chi connectivity index (χ0n) is 18.2. The van der Waals surface area contributed by atoms with Gasteiger partial charge in [-0.1, -0.05) is 26.0 Å². The van der Waals surface area contributed by atoms with Crippen molar-refractivity contribution < 1.29 is 9.90 Å². The largest absolute Gasteiger partial charge is 0.390 e. The fraction of sp³-hybridized carbons (Fsp3) is 0.500. The fourth-order valence-corrected chi connectivity index (χ4v) is 5.69. The lowest BCUT2D eigenvalue weighted by Crippen LogP contribution is -2.49. The Morgan fingerprint density at radius 2 is 2.17 bits per heavy atom. The van der Waals surface area contributed by atoms with Crippen molar-refractivity contribution in [1.82, 2.24) is 10.6 Å². The number of carbonyl (C=O) groups excluding carboxylic acids is 1. The van der Waals surface area contributed by atoms with E-state index in [4.69, 9.17) is 5.26 Å². The first-order valence-corrected chi connectivity index (χ1v) is 11.3. The Morgan fingerprint density at radius 1 is 1.40 bits per heavy atom. The second kappa shape index (κ2) is 9.30. The molecular formula is C24H31N3O2S. The Balaban J connectivity index is 1.70. The maximum Gasteiger partial charge on any atom is 0.217 e. The molecule has 0 fully saturated rings. The summed E-state index contributed by atoms with van der Waals surface area (Å²) >= 11 is 1.86. The predicted octanol–water partition coefficient (Wildman–Crippen LogP) is 3.64. The summed E-state index contributed by atoms with van der Waals surface area (Å²) in [6, 6.07) is 11.5. The molecule has 3 N–H and O–H groups in total.